The third kappa shape index (κ3) is 4.64. The van der Waals surface area contributed by atoms with Gasteiger partial charge in [-0.2, -0.15) is 5.26 Å². The first kappa shape index (κ1) is 17.6. The van der Waals surface area contributed by atoms with Crippen LogP contribution in [0, 0.1) is 17.2 Å². The number of rotatable bonds is 4. The summed E-state index contributed by atoms with van der Waals surface area (Å²) >= 11 is 0. The van der Waals surface area contributed by atoms with Crippen LogP contribution in [0.4, 0.5) is 10.5 Å². The number of amides is 1. The van der Waals surface area contributed by atoms with Crippen LogP contribution in [0.25, 0.3) is 0 Å². The number of likely N-dealkylation sites (tertiary alicyclic amines) is 1. The first-order valence-electron chi connectivity index (χ1n) is 9.11. The maximum atomic E-state index is 10.9. The van der Waals surface area contributed by atoms with Crippen LogP contribution in [0.5, 0.6) is 0 Å². The van der Waals surface area contributed by atoms with Gasteiger partial charge in [0.15, 0.2) is 0 Å². The second-order valence-corrected chi connectivity index (χ2v) is 6.99. The van der Waals surface area contributed by atoms with E-state index in [2.05, 4.69) is 15.9 Å². The Morgan fingerprint density at radius 3 is 2.28 bits per heavy atom. The molecule has 2 heterocycles. The second-order valence-electron chi connectivity index (χ2n) is 6.99. The van der Waals surface area contributed by atoms with E-state index in [0.717, 1.165) is 45.6 Å². The van der Waals surface area contributed by atoms with Crippen LogP contribution >= 0.6 is 0 Å². The van der Waals surface area contributed by atoms with Gasteiger partial charge in [0.1, 0.15) is 0 Å². The second kappa shape index (κ2) is 8.21. The zero-order chi connectivity index (χ0) is 17.6. The Labute approximate surface area is 149 Å². The van der Waals surface area contributed by atoms with E-state index in [9.17, 15) is 4.79 Å². The van der Waals surface area contributed by atoms with E-state index in [4.69, 9.17) is 10.4 Å². The van der Waals surface area contributed by atoms with E-state index < -0.39 is 6.09 Å². The quantitative estimate of drug-likeness (QED) is 0.910. The highest BCUT2D eigenvalue weighted by Crippen LogP contribution is 2.22. The van der Waals surface area contributed by atoms with Crippen LogP contribution in [-0.4, -0.2) is 66.8 Å². The van der Waals surface area contributed by atoms with Crippen molar-refractivity contribution in [2.24, 2.45) is 5.92 Å². The van der Waals surface area contributed by atoms with Gasteiger partial charge < -0.3 is 14.9 Å². The third-order valence-electron chi connectivity index (χ3n) is 5.47. The normalized spacial score (nSPS) is 19.6. The zero-order valence-corrected chi connectivity index (χ0v) is 14.6. The number of carboxylic acid groups (broad SMARTS) is 1. The summed E-state index contributed by atoms with van der Waals surface area (Å²) in [5, 5.41) is 17.9. The minimum atomic E-state index is -0.780. The molecule has 0 aromatic heterocycles. The minimum absolute atomic E-state index is 0.659. The fourth-order valence-corrected chi connectivity index (χ4v) is 3.75. The summed E-state index contributed by atoms with van der Waals surface area (Å²) in [6, 6.07) is 9.98. The summed E-state index contributed by atoms with van der Waals surface area (Å²) in [6.07, 6.45) is 2.39. The van der Waals surface area contributed by atoms with Crippen molar-refractivity contribution in [1.29, 1.82) is 5.26 Å². The van der Waals surface area contributed by atoms with Crippen LogP contribution in [-0.2, 0) is 0 Å². The molecule has 0 unspecified atom stereocenters. The number of nitrogens with zero attached hydrogens (tertiary/aromatic N) is 4. The highest BCUT2D eigenvalue weighted by atomic mass is 16.4. The Balaban J connectivity index is 1.38. The van der Waals surface area contributed by atoms with Gasteiger partial charge in [0, 0.05) is 45.0 Å². The first-order chi connectivity index (χ1) is 12.2. The first-order valence-corrected chi connectivity index (χ1v) is 9.11. The molecule has 0 spiro atoms. The lowest BCUT2D eigenvalue weighted by atomic mass is 9.93. The molecular weight excluding hydrogens is 316 g/mol. The number of hydrogen-bond acceptors (Lipinski definition) is 4. The lowest BCUT2D eigenvalue weighted by Gasteiger charge is -2.37. The maximum absolute atomic E-state index is 10.9. The predicted molar refractivity (Wildman–Crippen MR) is 96.7 cm³/mol. The lowest BCUT2D eigenvalue weighted by Crippen LogP contribution is -2.47. The molecule has 2 aliphatic rings. The molecule has 0 atom stereocenters. The van der Waals surface area contributed by atoms with Crippen LogP contribution in [0.3, 0.4) is 0 Å². The summed E-state index contributed by atoms with van der Waals surface area (Å²) < 4.78 is 0. The Bertz CT molecular complexity index is 609. The van der Waals surface area contributed by atoms with Crippen molar-refractivity contribution in [1.82, 2.24) is 9.80 Å². The maximum Gasteiger partial charge on any atom is 0.407 e. The third-order valence-corrected chi connectivity index (χ3v) is 5.47. The summed E-state index contributed by atoms with van der Waals surface area (Å²) in [5.41, 5.74) is 1.90. The molecule has 6 nitrogen and oxygen atoms in total. The summed E-state index contributed by atoms with van der Waals surface area (Å²) in [5.74, 6) is 0.659. The molecule has 2 saturated heterocycles. The number of piperidine rings is 1. The van der Waals surface area contributed by atoms with E-state index in [0.29, 0.717) is 24.6 Å². The van der Waals surface area contributed by atoms with E-state index in [1.54, 1.807) is 0 Å². The average Bonchev–Trinajstić information content (AvgIpc) is 2.67. The summed E-state index contributed by atoms with van der Waals surface area (Å²) in [7, 11) is 0. The van der Waals surface area contributed by atoms with Gasteiger partial charge in [-0.3, -0.25) is 4.90 Å². The molecule has 3 rings (SSSR count). The van der Waals surface area contributed by atoms with Crippen LogP contribution < -0.4 is 4.90 Å². The zero-order valence-electron chi connectivity index (χ0n) is 14.6. The topological polar surface area (TPSA) is 70.8 Å². The standard InChI is InChI=1S/C19H26N4O2/c20-15-17-1-3-18(4-2-17)22-13-11-21(12-14-22)8-5-16-6-9-23(10-7-16)19(24)25/h1-4,16H,5-14H2,(H,24,25). The summed E-state index contributed by atoms with van der Waals surface area (Å²) in [4.78, 5) is 17.4. The molecule has 1 N–H and O–H groups in total. The predicted octanol–water partition coefficient (Wildman–Crippen LogP) is 2.46. The molecule has 134 valence electrons. The molecule has 0 bridgehead atoms. The van der Waals surface area contributed by atoms with Crippen molar-refractivity contribution >= 4 is 11.8 Å². The Morgan fingerprint density at radius 2 is 1.72 bits per heavy atom. The molecule has 2 aliphatic heterocycles. The summed E-state index contributed by atoms with van der Waals surface area (Å²) in [6.45, 7) is 6.65. The van der Waals surface area contributed by atoms with E-state index in [1.165, 1.54) is 17.0 Å². The number of nitriles is 1. The average molecular weight is 342 g/mol. The molecule has 1 amide bonds. The van der Waals surface area contributed by atoms with Crippen LogP contribution in [0.1, 0.15) is 24.8 Å². The number of piperazine rings is 1. The SMILES string of the molecule is N#Cc1ccc(N2CCN(CCC3CCN(C(=O)O)CC3)CC2)cc1. The molecular formula is C19H26N4O2. The molecule has 0 aliphatic carbocycles. The fraction of sp³-hybridized carbons (Fsp3) is 0.579. The molecule has 1 aromatic carbocycles. The molecule has 0 radical (unpaired) electrons. The Morgan fingerprint density at radius 1 is 1.08 bits per heavy atom. The van der Waals surface area contributed by atoms with Crippen molar-refractivity contribution in [2.45, 2.75) is 19.3 Å². The molecule has 1 aromatic rings. The smallest absolute Gasteiger partial charge is 0.407 e. The highest BCUT2D eigenvalue weighted by Gasteiger charge is 2.23. The lowest BCUT2D eigenvalue weighted by molar-refractivity contribution is 0.119. The van der Waals surface area contributed by atoms with Crippen molar-refractivity contribution < 1.29 is 9.90 Å². The van der Waals surface area contributed by atoms with E-state index in [-0.39, 0.29) is 0 Å². The Hall–Kier alpha value is -2.26. The van der Waals surface area contributed by atoms with Crippen molar-refractivity contribution in [2.75, 3.05) is 50.7 Å². The molecule has 25 heavy (non-hydrogen) atoms. The van der Waals surface area contributed by atoms with Crippen molar-refractivity contribution in [3.05, 3.63) is 29.8 Å². The number of benzene rings is 1. The van der Waals surface area contributed by atoms with Gasteiger partial charge in [0.2, 0.25) is 0 Å². The minimum Gasteiger partial charge on any atom is -0.465 e. The Kier molecular flexibility index (Phi) is 5.77. The van der Waals surface area contributed by atoms with Gasteiger partial charge in [-0.1, -0.05) is 0 Å². The van der Waals surface area contributed by atoms with Gasteiger partial charge >= 0.3 is 6.09 Å². The van der Waals surface area contributed by atoms with Crippen molar-refractivity contribution in [3.63, 3.8) is 0 Å². The molecule has 0 saturated carbocycles. The largest absolute Gasteiger partial charge is 0.465 e. The highest BCUT2D eigenvalue weighted by molar-refractivity contribution is 5.64. The number of hydrogen-bond donors (Lipinski definition) is 1. The number of carbonyl (C=O) groups is 1. The van der Waals surface area contributed by atoms with E-state index in [1.807, 2.05) is 24.3 Å². The van der Waals surface area contributed by atoms with Crippen molar-refractivity contribution in [3.8, 4) is 6.07 Å². The van der Waals surface area contributed by atoms with Crippen LogP contribution in [0.15, 0.2) is 24.3 Å². The number of anilines is 1. The van der Waals surface area contributed by atoms with Gasteiger partial charge in [-0.25, -0.2) is 4.79 Å². The van der Waals surface area contributed by atoms with Gasteiger partial charge in [0.25, 0.3) is 0 Å². The molecule has 6 heteroatoms. The van der Waals surface area contributed by atoms with E-state index >= 15 is 0 Å². The monoisotopic (exact) mass is 342 g/mol. The van der Waals surface area contributed by atoms with Gasteiger partial charge in [-0.15, -0.1) is 0 Å². The van der Waals surface area contributed by atoms with Gasteiger partial charge in [0.05, 0.1) is 11.6 Å². The van der Waals surface area contributed by atoms with Crippen LogP contribution in [0.2, 0.25) is 0 Å². The fourth-order valence-electron chi connectivity index (χ4n) is 3.75. The molecule has 2 fully saturated rings. The van der Waals surface area contributed by atoms with Gasteiger partial charge in [-0.05, 0) is 56.0 Å².